The van der Waals surface area contributed by atoms with Crippen molar-refractivity contribution in [2.75, 3.05) is 14.7 Å². The topological polar surface area (TPSA) is 62.3 Å². The van der Waals surface area contributed by atoms with Crippen molar-refractivity contribution in [3.63, 3.8) is 0 Å². The van der Waals surface area contributed by atoms with E-state index < -0.39 is 0 Å². The van der Waals surface area contributed by atoms with Gasteiger partial charge in [0.1, 0.15) is 44.7 Å². The van der Waals surface area contributed by atoms with Gasteiger partial charge in [-0.1, -0.05) is 109 Å². The summed E-state index contributed by atoms with van der Waals surface area (Å²) in [6.45, 7) is 4.16. The van der Waals surface area contributed by atoms with Crippen LogP contribution in [0, 0.1) is 13.8 Å². The standard InChI is InChI=1S/C68H42BN3O4/c1-39-15-3-9-21-54(39)72(55-22-10-4-16-40(55)2)43-33-58-68-59(34-43)71(42-28-30-65-49(32-42)45-18-6-12-24-61(45)74-65)57-36-51-47-20-8-14-26-63(47)76-67(51)38-53(57)69(68)52-37-66-50(46-19-7-13-25-62(46)75-66)35-56(52)70(58)41-27-29-64-48(31-41)44-17-5-11-23-60(44)73-64/h3-38H,1-2H3. The first kappa shape index (κ1) is 41.5. The van der Waals surface area contributed by atoms with Gasteiger partial charge in [-0.15, -0.1) is 0 Å². The normalized spacial score (nSPS) is 13.1. The molecule has 2 aliphatic heterocycles. The summed E-state index contributed by atoms with van der Waals surface area (Å²) in [7, 11) is 0. The minimum atomic E-state index is -0.255. The molecule has 4 aromatic heterocycles. The van der Waals surface area contributed by atoms with E-state index in [1.165, 1.54) is 5.46 Å². The zero-order valence-corrected chi connectivity index (χ0v) is 41.3. The lowest BCUT2D eigenvalue weighted by Gasteiger charge is -2.45. The van der Waals surface area contributed by atoms with Gasteiger partial charge in [0.25, 0.3) is 6.71 Å². The molecule has 0 N–H and O–H groups in total. The van der Waals surface area contributed by atoms with E-state index in [0.717, 1.165) is 161 Å². The van der Waals surface area contributed by atoms with Crippen LogP contribution in [-0.2, 0) is 0 Å². The van der Waals surface area contributed by atoms with Crippen LogP contribution in [0.4, 0.5) is 51.2 Å². The van der Waals surface area contributed by atoms with Crippen molar-refractivity contribution in [2.24, 2.45) is 0 Å². The Hall–Kier alpha value is -9.92. The third-order valence-electron chi connectivity index (χ3n) is 16.3. The molecule has 15 aromatic rings. The predicted molar refractivity (Wildman–Crippen MR) is 314 cm³/mol. The van der Waals surface area contributed by atoms with Gasteiger partial charge in [-0.2, -0.15) is 0 Å². The van der Waals surface area contributed by atoms with Gasteiger partial charge >= 0.3 is 0 Å². The molecule has 2 aliphatic rings. The molecular formula is C68H42BN3O4. The number of anilines is 9. The molecule has 0 unspecified atom stereocenters. The number of aryl methyl sites for hydroxylation is 2. The van der Waals surface area contributed by atoms with E-state index in [-0.39, 0.29) is 6.71 Å². The maximum Gasteiger partial charge on any atom is 0.252 e. The minimum absolute atomic E-state index is 0.255. The summed E-state index contributed by atoms with van der Waals surface area (Å²) in [5.74, 6) is 0. The zero-order chi connectivity index (χ0) is 49.9. The number of rotatable bonds is 5. The highest BCUT2D eigenvalue weighted by molar-refractivity contribution is 7.00. The molecule has 0 spiro atoms. The van der Waals surface area contributed by atoms with E-state index >= 15 is 0 Å². The van der Waals surface area contributed by atoms with Crippen LogP contribution in [0.2, 0.25) is 0 Å². The summed E-state index contributed by atoms with van der Waals surface area (Å²) in [5.41, 5.74) is 22.1. The van der Waals surface area contributed by atoms with Crippen LogP contribution in [0.15, 0.2) is 236 Å². The van der Waals surface area contributed by atoms with E-state index in [4.69, 9.17) is 17.7 Å². The molecule has 0 fully saturated rings. The SMILES string of the molecule is Cc1ccccc1N(c1cc2c3c(c1)N(c1ccc4oc5ccccc5c4c1)c1cc4c(cc1B3c1cc3oc5ccccc5c3cc1N2c1ccc2oc3ccccc3c2c1)oc1ccccc14)c1ccccc1C. The maximum atomic E-state index is 6.84. The molecule has 8 heteroatoms. The number of benzene rings is 11. The number of fused-ring (bicyclic) bond motifs is 16. The van der Waals surface area contributed by atoms with E-state index in [2.05, 4.69) is 223 Å². The highest BCUT2D eigenvalue weighted by atomic mass is 16.3. The van der Waals surface area contributed by atoms with Crippen LogP contribution in [0.1, 0.15) is 11.1 Å². The number of furan rings is 4. The summed E-state index contributed by atoms with van der Waals surface area (Å²) in [4.78, 5) is 7.46. The lowest BCUT2D eigenvalue weighted by molar-refractivity contribution is 0.668. The Bertz CT molecular complexity index is 4670. The Morgan fingerprint density at radius 3 is 1.09 bits per heavy atom. The predicted octanol–water partition coefficient (Wildman–Crippen LogP) is 17.5. The zero-order valence-electron chi connectivity index (χ0n) is 41.3. The monoisotopic (exact) mass is 975 g/mol. The quantitative estimate of drug-likeness (QED) is 0.159. The smallest absolute Gasteiger partial charge is 0.252 e. The van der Waals surface area contributed by atoms with Gasteiger partial charge in [-0.3, -0.25) is 0 Å². The summed E-state index contributed by atoms with van der Waals surface area (Å²) in [6, 6.07) is 78.4. The van der Waals surface area contributed by atoms with Gasteiger partial charge < -0.3 is 32.4 Å². The molecule has 11 aromatic carbocycles. The van der Waals surface area contributed by atoms with E-state index in [0.29, 0.717) is 0 Å². The van der Waals surface area contributed by atoms with Crippen molar-refractivity contribution in [1.29, 1.82) is 0 Å². The number of hydrogen-bond donors (Lipinski definition) is 0. The lowest BCUT2D eigenvalue weighted by Crippen LogP contribution is -2.61. The van der Waals surface area contributed by atoms with E-state index in [1.54, 1.807) is 0 Å². The second-order valence-corrected chi connectivity index (χ2v) is 20.5. The molecule has 0 saturated carbocycles. The molecule has 356 valence electrons. The van der Waals surface area contributed by atoms with E-state index in [9.17, 15) is 0 Å². The summed E-state index contributed by atoms with van der Waals surface area (Å²) in [5, 5.41) is 8.51. The molecular weight excluding hydrogens is 934 g/mol. The van der Waals surface area contributed by atoms with Crippen molar-refractivity contribution in [3.8, 4) is 0 Å². The van der Waals surface area contributed by atoms with Gasteiger partial charge in [-0.25, -0.2) is 0 Å². The third kappa shape index (κ3) is 5.78. The first-order chi connectivity index (χ1) is 37.5. The Morgan fingerprint density at radius 2 is 0.671 bits per heavy atom. The molecule has 0 amide bonds. The van der Waals surface area contributed by atoms with Gasteiger partial charge in [0.2, 0.25) is 0 Å². The van der Waals surface area contributed by atoms with Gasteiger partial charge in [-0.05, 0) is 151 Å². The maximum absolute atomic E-state index is 6.84. The number of nitrogens with zero attached hydrogens (tertiary/aromatic N) is 3. The lowest BCUT2D eigenvalue weighted by atomic mass is 9.33. The fourth-order valence-corrected chi connectivity index (χ4v) is 12.8. The molecule has 0 radical (unpaired) electrons. The second-order valence-electron chi connectivity index (χ2n) is 20.5. The van der Waals surface area contributed by atoms with Crippen LogP contribution in [0.25, 0.3) is 87.8 Å². The average Bonchev–Trinajstić information content (AvgIpc) is 4.29. The molecule has 6 heterocycles. The fraction of sp³-hybridized carbons (Fsp3) is 0.0294. The van der Waals surface area contributed by atoms with Crippen molar-refractivity contribution in [3.05, 3.63) is 230 Å². The van der Waals surface area contributed by atoms with Crippen molar-refractivity contribution in [1.82, 2.24) is 0 Å². The van der Waals surface area contributed by atoms with Crippen LogP contribution < -0.4 is 31.1 Å². The molecule has 0 saturated heterocycles. The van der Waals surface area contributed by atoms with Gasteiger partial charge in [0, 0.05) is 88.6 Å². The summed E-state index contributed by atoms with van der Waals surface area (Å²) in [6.07, 6.45) is 0. The summed E-state index contributed by atoms with van der Waals surface area (Å²) >= 11 is 0. The van der Waals surface area contributed by atoms with Crippen molar-refractivity contribution in [2.45, 2.75) is 13.8 Å². The number of para-hydroxylation sites is 6. The minimum Gasteiger partial charge on any atom is -0.456 e. The molecule has 17 rings (SSSR count). The molecule has 0 bridgehead atoms. The molecule has 7 nitrogen and oxygen atoms in total. The Kier molecular flexibility index (Phi) is 8.38. The Morgan fingerprint density at radius 1 is 0.316 bits per heavy atom. The third-order valence-corrected chi connectivity index (χ3v) is 16.3. The first-order valence-electron chi connectivity index (χ1n) is 25.9. The Balaban J connectivity index is 1.05. The van der Waals surface area contributed by atoms with Crippen LogP contribution in [0.5, 0.6) is 0 Å². The van der Waals surface area contributed by atoms with Crippen molar-refractivity contribution < 1.29 is 17.7 Å². The largest absolute Gasteiger partial charge is 0.456 e. The highest BCUT2D eigenvalue weighted by Crippen LogP contribution is 2.51. The molecule has 76 heavy (non-hydrogen) atoms. The van der Waals surface area contributed by atoms with Gasteiger partial charge in [0.15, 0.2) is 0 Å². The van der Waals surface area contributed by atoms with Crippen LogP contribution in [0.3, 0.4) is 0 Å². The van der Waals surface area contributed by atoms with Crippen molar-refractivity contribution >= 4 is 162 Å². The second kappa shape index (κ2) is 15.3. The molecule has 0 aliphatic carbocycles. The first-order valence-corrected chi connectivity index (χ1v) is 25.9. The highest BCUT2D eigenvalue weighted by Gasteiger charge is 2.45. The van der Waals surface area contributed by atoms with Crippen LogP contribution in [-0.4, -0.2) is 6.71 Å². The fourth-order valence-electron chi connectivity index (χ4n) is 12.8. The summed E-state index contributed by atoms with van der Waals surface area (Å²) < 4.78 is 26.7. The van der Waals surface area contributed by atoms with Crippen LogP contribution >= 0.6 is 0 Å². The molecule has 0 atom stereocenters. The van der Waals surface area contributed by atoms with E-state index in [1.807, 2.05) is 24.3 Å². The number of hydrogen-bond acceptors (Lipinski definition) is 7. The van der Waals surface area contributed by atoms with Gasteiger partial charge in [0.05, 0.1) is 5.69 Å². The average molecular weight is 976 g/mol. The Labute approximate surface area is 435 Å².